The Labute approximate surface area is 94.1 Å². The Kier molecular flexibility index (Phi) is 2.22. The predicted octanol–water partition coefficient (Wildman–Crippen LogP) is 1.73. The summed E-state index contributed by atoms with van der Waals surface area (Å²) in [6, 6.07) is 5.63. The van der Waals surface area contributed by atoms with Crippen LogP contribution in [0.5, 0.6) is 0 Å². The van der Waals surface area contributed by atoms with E-state index < -0.39 is 5.91 Å². The molecule has 0 fully saturated rings. The number of carbonyl (C=O) groups is 1. The first kappa shape index (κ1) is 10.7. The van der Waals surface area contributed by atoms with Crippen molar-refractivity contribution in [2.45, 2.75) is 26.2 Å². The fourth-order valence-electron chi connectivity index (χ4n) is 1.75. The molecule has 0 saturated heterocycles. The number of primary amides is 1. The van der Waals surface area contributed by atoms with Crippen molar-refractivity contribution in [1.82, 2.24) is 9.38 Å². The number of rotatable bonds is 1. The molecule has 4 heteroatoms. The summed E-state index contributed by atoms with van der Waals surface area (Å²) in [7, 11) is 0. The smallest absolute Gasteiger partial charge is 0.269 e. The van der Waals surface area contributed by atoms with Crippen LogP contribution in [0.15, 0.2) is 24.4 Å². The van der Waals surface area contributed by atoms with Crippen LogP contribution in [0.1, 0.15) is 37.1 Å². The summed E-state index contributed by atoms with van der Waals surface area (Å²) in [6.45, 7) is 6.17. The van der Waals surface area contributed by atoms with E-state index in [9.17, 15) is 4.79 Å². The highest BCUT2D eigenvalue weighted by atomic mass is 16.1. The van der Waals surface area contributed by atoms with E-state index in [0.717, 1.165) is 11.3 Å². The van der Waals surface area contributed by atoms with Crippen molar-refractivity contribution in [3.05, 3.63) is 35.9 Å². The molecule has 0 aliphatic rings. The third-order valence-corrected chi connectivity index (χ3v) is 2.45. The first-order valence-electron chi connectivity index (χ1n) is 5.18. The first-order chi connectivity index (χ1) is 7.41. The summed E-state index contributed by atoms with van der Waals surface area (Å²) < 4.78 is 1.92. The lowest BCUT2D eigenvalue weighted by molar-refractivity contribution is 0.0997. The Hall–Kier alpha value is -1.84. The van der Waals surface area contributed by atoms with E-state index >= 15 is 0 Å². The van der Waals surface area contributed by atoms with E-state index in [1.165, 1.54) is 0 Å². The van der Waals surface area contributed by atoms with E-state index in [2.05, 4.69) is 25.8 Å². The molecule has 0 aliphatic heterocycles. The van der Waals surface area contributed by atoms with Gasteiger partial charge in [0.1, 0.15) is 5.82 Å². The van der Waals surface area contributed by atoms with Crippen LogP contribution in [0.25, 0.3) is 5.52 Å². The molecule has 0 aromatic carbocycles. The van der Waals surface area contributed by atoms with Crippen molar-refractivity contribution in [2.24, 2.45) is 5.73 Å². The van der Waals surface area contributed by atoms with Crippen molar-refractivity contribution >= 4 is 11.4 Å². The van der Waals surface area contributed by atoms with Crippen LogP contribution in [0, 0.1) is 0 Å². The lowest BCUT2D eigenvalue weighted by Crippen LogP contribution is -2.16. The molecule has 2 N–H and O–H groups in total. The summed E-state index contributed by atoms with van der Waals surface area (Å²) in [5.74, 6) is 0.358. The molecule has 4 nitrogen and oxygen atoms in total. The van der Waals surface area contributed by atoms with Gasteiger partial charge in [-0.05, 0) is 12.1 Å². The monoisotopic (exact) mass is 217 g/mol. The quantitative estimate of drug-likeness (QED) is 0.790. The third-order valence-electron chi connectivity index (χ3n) is 2.45. The summed E-state index contributed by atoms with van der Waals surface area (Å²) in [5.41, 5.74) is 6.30. The van der Waals surface area contributed by atoms with Gasteiger partial charge in [-0.2, -0.15) is 0 Å². The second kappa shape index (κ2) is 3.33. The van der Waals surface area contributed by atoms with Crippen molar-refractivity contribution in [3.8, 4) is 0 Å². The zero-order valence-corrected chi connectivity index (χ0v) is 9.69. The van der Waals surface area contributed by atoms with Gasteiger partial charge < -0.3 is 10.1 Å². The standard InChI is InChI=1S/C12H15N3O/c1-12(2,3)11-14-9(10(13)16)8-6-4-5-7-15(8)11/h4-7H,1-3H3,(H2,13,16). The molecule has 0 aliphatic carbocycles. The minimum Gasteiger partial charge on any atom is -0.364 e. The topological polar surface area (TPSA) is 60.4 Å². The Balaban J connectivity index is 2.82. The van der Waals surface area contributed by atoms with Gasteiger partial charge in [-0.25, -0.2) is 4.98 Å². The molecule has 2 aromatic heterocycles. The number of nitrogens with zero attached hydrogens (tertiary/aromatic N) is 2. The van der Waals surface area contributed by atoms with Crippen molar-refractivity contribution in [2.75, 3.05) is 0 Å². The molecule has 0 atom stereocenters. The lowest BCUT2D eigenvalue weighted by atomic mass is 9.96. The van der Waals surface area contributed by atoms with Gasteiger partial charge in [0, 0.05) is 11.6 Å². The number of amides is 1. The highest BCUT2D eigenvalue weighted by Gasteiger charge is 2.23. The van der Waals surface area contributed by atoms with Crippen LogP contribution in [0.3, 0.4) is 0 Å². The molecule has 2 aromatic rings. The number of fused-ring (bicyclic) bond motifs is 1. The third kappa shape index (κ3) is 1.56. The zero-order valence-electron chi connectivity index (χ0n) is 9.69. The molecule has 0 spiro atoms. The summed E-state index contributed by atoms with van der Waals surface area (Å²) >= 11 is 0. The number of nitrogens with two attached hydrogens (primary N) is 1. The predicted molar refractivity (Wildman–Crippen MR) is 62.4 cm³/mol. The average molecular weight is 217 g/mol. The van der Waals surface area contributed by atoms with Gasteiger partial charge in [0.2, 0.25) is 0 Å². The number of imidazole rings is 1. The van der Waals surface area contributed by atoms with Gasteiger partial charge in [0.25, 0.3) is 5.91 Å². The van der Waals surface area contributed by atoms with Gasteiger partial charge in [-0.3, -0.25) is 4.79 Å². The zero-order chi connectivity index (χ0) is 11.9. The molecular weight excluding hydrogens is 202 g/mol. The largest absolute Gasteiger partial charge is 0.364 e. The second-order valence-corrected chi connectivity index (χ2v) is 4.85. The molecule has 0 radical (unpaired) electrons. The van der Waals surface area contributed by atoms with E-state index in [1.54, 1.807) is 0 Å². The molecule has 0 saturated carbocycles. The number of hydrogen-bond acceptors (Lipinski definition) is 2. The first-order valence-corrected chi connectivity index (χ1v) is 5.18. The molecule has 2 rings (SSSR count). The Morgan fingerprint density at radius 2 is 2.06 bits per heavy atom. The number of aromatic nitrogens is 2. The fourth-order valence-corrected chi connectivity index (χ4v) is 1.75. The molecule has 0 bridgehead atoms. The van der Waals surface area contributed by atoms with Crippen molar-refractivity contribution in [1.29, 1.82) is 0 Å². The summed E-state index contributed by atoms with van der Waals surface area (Å²) in [5, 5.41) is 0. The molecule has 84 valence electrons. The lowest BCUT2D eigenvalue weighted by Gasteiger charge is -2.16. The van der Waals surface area contributed by atoms with Crippen LogP contribution in [-0.2, 0) is 5.41 Å². The maximum absolute atomic E-state index is 11.3. The normalized spacial score (nSPS) is 11.9. The van der Waals surface area contributed by atoms with Crippen molar-refractivity contribution < 1.29 is 4.79 Å². The van der Waals surface area contributed by atoms with E-state index in [1.807, 2.05) is 28.8 Å². The van der Waals surface area contributed by atoms with Crippen molar-refractivity contribution in [3.63, 3.8) is 0 Å². The number of carbonyl (C=O) groups excluding carboxylic acids is 1. The van der Waals surface area contributed by atoms with Crippen LogP contribution < -0.4 is 5.73 Å². The molecular formula is C12H15N3O. The van der Waals surface area contributed by atoms with Crippen LogP contribution in [0.2, 0.25) is 0 Å². The van der Waals surface area contributed by atoms with Crippen LogP contribution >= 0.6 is 0 Å². The fraction of sp³-hybridized carbons (Fsp3) is 0.333. The molecule has 2 heterocycles. The Morgan fingerprint density at radius 1 is 1.38 bits per heavy atom. The highest BCUT2D eigenvalue weighted by Crippen LogP contribution is 2.24. The Bertz CT molecular complexity index is 549. The van der Waals surface area contributed by atoms with Crippen LogP contribution in [-0.4, -0.2) is 15.3 Å². The highest BCUT2D eigenvalue weighted by molar-refractivity contribution is 5.98. The number of hydrogen-bond donors (Lipinski definition) is 1. The van der Waals surface area contributed by atoms with Gasteiger partial charge in [-0.1, -0.05) is 26.8 Å². The average Bonchev–Trinajstić information content (AvgIpc) is 2.56. The maximum Gasteiger partial charge on any atom is 0.269 e. The van der Waals surface area contributed by atoms with Gasteiger partial charge >= 0.3 is 0 Å². The SMILES string of the molecule is CC(C)(C)c1nc(C(N)=O)c2ccccn12. The summed E-state index contributed by atoms with van der Waals surface area (Å²) in [6.07, 6.45) is 1.90. The molecule has 1 amide bonds. The number of pyridine rings is 1. The van der Waals surface area contributed by atoms with Crippen LogP contribution in [0.4, 0.5) is 0 Å². The van der Waals surface area contributed by atoms with E-state index in [-0.39, 0.29) is 5.41 Å². The van der Waals surface area contributed by atoms with Gasteiger partial charge in [-0.15, -0.1) is 0 Å². The molecule has 0 unspecified atom stereocenters. The van der Waals surface area contributed by atoms with Gasteiger partial charge in [0.15, 0.2) is 5.69 Å². The Morgan fingerprint density at radius 3 is 2.62 bits per heavy atom. The second-order valence-electron chi connectivity index (χ2n) is 4.85. The van der Waals surface area contributed by atoms with Gasteiger partial charge in [0.05, 0.1) is 5.52 Å². The maximum atomic E-state index is 11.3. The minimum absolute atomic E-state index is 0.127. The van der Waals surface area contributed by atoms with E-state index in [0.29, 0.717) is 5.69 Å². The van der Waals surface area contributed by atoms with E-state index in [4.69, 9.17) is 5.73 Å². The minimum atomic E-state index is -0.487. The summed E-state index contributed by atoms with van der Waals surface area (Å²) in [4.78, 5) is 15.7. The molecule has 16 heavy (non-hydrogen) atoms.